The standard InChI is InChI=1S/C15H18N2S/c1-2-5-10-6-3-4-7-11(10)12-8-9-13-14(12)18-15(16)17-13/h3-4,6-7,12H,2,5,8-9H2,1H3,(H2,16,17). The predicted molar refractivity (Wildman–Crippen MR) is 77.1 cm³/mol. The van der Waals surface area contributed by atoms with Crippen LogP contribution in [0.3, 0.4) is 0 Å². The number of fused-ring (bicyclic) bond motifs is 1. The van der Waals surface area contributed by atoms with Crippen LogP contribution >= 0.6 is 11.3 Å². The van der Waals surface area contributed by atoms with E-state index < -0.39 is 0 Å². The Hall–Kier alpha value is -1.35. The van der Waals surface area contributed by atoms with Gasteiger partial charge >= 0.3 is 0 Å². The Balaban J connectivity index is 2.01. The summed E-state index contributed by atoms with van der Waals surface area (Å²) in [4.78, 5) is 5.84. The minimum absolute atomic E-state index is 0.526. The Kier molecular flexibility index (Phi) is 3.08. The summed E-state index contributed by atoms with van der Waals surface area (Å²) < 4.78 is 0. The lowest BCUT2D eigenvalue weighted by Gasteiger charge is -2.15. The van der Waals surface area contributed by atoms with Gasteiger partial charge in [0.05, 0.1) is 5.69 Å². The Labute approximate surface area is 112 Å². The van der Waals surface area contributed by atoms with Gasteiger partial charge in [0.2, 0.25) is 0 Å². The topological polar surface area (TPSA) is 38.9 Å². The molecule has 18 heavy (non-hydrogen) atoms. The van der Waals surface area contributed by atoms with Gasteiger partial charge in [0.25, 0.3) is 0 Å². The zero-order chi connectivity index (χ0) is 12.5. The summed E-state index contributed by atoms with van der Waals surface area (Å²) >= 11 is 1.67. The molecule has 1 aliphatic rings. The van der Waals surface area contributed by atoms with Gasteiger partial charge in [-0.15, -0.1) is 11.3 Å². The van der Waals surface area contributed by atoms with Crippen LogP contribution in [0.15, 0.2) is 24.3 Å². The number of aryl methyl sites for hydroxylation is 2. The number of nitrogen functional groups attached to an aromatic ring is 1. The first-order chi connectivity index (χ1) is 8.79. The van der Waals surface area contributed by atoms with Gasteiger partial charge in [0.15, 0.2) is 5.13 Å². The molecule has 0 bridgehead atoms. The van der Waals surface area contributed by atoms with Crippen LogP contribution in [-0.4, -0.2) is 4.98 Å². The molecule has 0 fully saturated rings. The van der Waals surface area contributed by atoms with Crippen molar-refractivity contribution in [1.82, 2.24) is 4.98 Å². The number of hydrogen-bond donors (Lipinski definition) is 1. The van der Waals surface area contributed by atoms with E-state index in [-0.39, 0.29) is 0 Å². The molecule has 94 valence electrons. The molecule has 0 radical (unpaired) electrons. The molecule has 1 aromatic heterocycles. The first kappa shape index (κ1) is 11.7. The molecular weight excluding hydrogens is 240 g/mol. The second-order valence-electron chi connectivity index (χ2n) is 4.90. The lowest BCUT2D eigenvalue weighted by Crippen LogP contribution is -2.00. The van der Waals surface area contributed by atoms with E-state index in [0.717, 1.165) is 18.0 Å². The smallest absolute Gasteiger partial charge is 0.180 e. The summed E-state index contributed by atoms with van der Waals surface area (Å²) in [5.41, 5.74) is 10.0. The Morgan fingerprint density at radius 2 is 2.22 bits per heavy atom. The third-order valence-electron chi connectivity index (χ3n) is 3.68. The maximum absolute atomic E-state index is 5.83. The van der Waals surface area contributed by atoms with Crippen LogP contribution in [0, 0.1) is 0 Å². The number of thiazole rings is 1. The van der Waals surface area contributed by atoms with Crippen LogP contribution in [-0.2, 0) is 12.8 Å². The summed E-state index contributed by atoms with van der Waals surface area (Å²) in [6, 6.07) is 8.84. The molecule has 1 atom stereocenters. The highest BCUT2D eigenvalue weighted by molar-refractivity contribution is 7.15. The van der Waals surface area contributed by atoms with Crippen molar-refractivity contribution in [2.75, 3.05) is 5.73 Å². The van der Waals surface area contributed by atoms with Crippen LogP contribution in [0.25, 0.3) is 0 Å². The largest absolute Gasteiger partial charge is 0.375 e. The number of anilines is 1. The van der Waals surface area contributed by atoms with E-state index in [1.165, 1.54) is 34.5 Å². The maximum atomic E-state index is 5.83. The molecule has 1 aromatic carbocycles. The summed E-state index contributed by atoms with van der Waals surface area (Å²) in [6.07, 6.45) is 4.63. The number of nitrogens with zero attached hydrogens (tertiary/aromatic N) is 1. The van der Waals surface area contributed by atoms with Crippen molar-refractivity contribution in [1.29, 1.82) is 0 Å². The molecule has 2 aromatic rings. The van der Waals surface area contributed by atoms with Crippen LogP contribution in [0.5, 0.6) is 0 Å². The van der Waals surface area contributed by atoms with Gasteiger partial charge in [-0.1, -0.05) is 37.6 Å². The Morgan fingerprint density at radius 3 is 3.06 bits per heavy atom. The summed E-state index contributed by atoms with van der Waals surface area (Å²) in [5, 5.41) is 0.720. The lowest BCUT2D eigenvalue weighted by molar-refractivity contribution is 0.771. The molecule has 2 nitrogen and oxygen atoms in total. The van der Waals surface area contributed by atoms with Crippen LogP contribution in [0.1, 0.15) is 47.4 Å². The zero-order valence-electron chi connectivity index (χ0n) is 10.6. The number of aromatic nitrogens is 1. The molecule has 1 heterocycles. The first-order valence-corrected chi connectivity index (χ1v) is 7.44. The number of nitrogens with two attached hydrogens (primary N) is 1. The quantitative estimate of drug-likeness (QED) is 0.910. The highest BCUT2D eigenvalue weighted by atomic mass is 32.1. The third kappa shape index (κ3) is 1.93. The molecule has 0 saturated heterocycles. The normalized spacial score (nSPS) is 17.9. The predicted octanol–water partition coefficient (Wildman–Crippen LogP) is 3.76. The van der Waals surface area contributed by atoms with Crippen LogP contribution < -0.4 is 5.73 Å². The third-order valence-corrected chi connectivity index (χ3v) is 4.72. The van der Waals surface area contributed by atoms with Gasteiger partial charge in [-0.2, -0.15) is 0 Å². The van der Waals surface area contributed by atoms with Crippen molar-refractivity contribution in [3.63, 3.8) is 0 Å². The van der Waals surface area contributed by atoms with E-state index in [4.69, 9.17) is 5.73 Å². The van der Waals surface area contributed by atoms with Crippen LogP contribution in [0.4, 0.5) is 5.13 Å². The van der Waals surface area contributed by atoms with Crippen molar-refractivity contribution >= 4 is 16.5 Å². The fourth-order valence-electron chi connectivity index (χ4n) is 2.91. The van der Waals surface area contributed by atoms with Crippen molar-refractivity contribution in [3.05, 3.63) is 46.0 Å². The van der Waals surface area contributed by atoms with Crippen LogP contribution in [0.2, 0.25) is 0 Å². The van der Waals surface area contributed by atoms with Gasteiger partial charge < -0.3 is 5.73 Å². The van der Waals surface area contributed by atoms with Crippen molar-refractivity contribution < 1.29 is 0 Å². The number of benzene rings is 1. The molecule has 0 amide bonds. The van der Waals surface area contributed by atoms with Crippen molar-refractivity contribution in [2.45, 2.75) is 38.5 Å². The lowest BCUT2D eigenvalue weighted by atomic mass is 9.91. The average molecular weight is 258 g/mol. The molecule has 2 N–H and O–H groups in total. The van der Waals surface area contributed by atoms with E-state index in [2.05, 4.69) is 36.2 Å². The maximum Gasteiger partial charge on any atom is 0.180 e. The SMILES string of the molecule is CCCc1ccccc1C1CCc2nc(N)sc21. The highest BCUT2D eigenvalue weighted by Crippen LogP contribution is 2.43. The van der Waals surface area contributed by atoms with Gasteiger partial charge in [0.1, 0.15) is 0 Å². The Morgan fingerprint density at radius 1 is 1.39 bits per heavy atom. The fourth-order valence-corrected chi connectivity index (χ4v) is 3.95. The average Bonchev–Trinajstić information content (AvgIpc) is 2.89. The fraction of sp³-hybridized carbons (Fsp3) is 0.400. The second-order valence-corrected chi connectivity index (χ2v) is 5.97. The molecule has 3 heteroatoms. The minimum atomic E-state index is 0.526. The molecule has 1 unspecified atom stereocenters. The molecule has 3 rings (SSSR count). The molecule has 0 spiro atoms. The van der Waals surface area contributed by atoms with E-state index in [1.54, 1.807) is 11.3 Å². The van der Waals surface area contributed by atoms with E-state index in [9.17, 15) is 0 Å². The summed E-state index contributed by atoms with van der Waals surface area (Å²) in [7, 11) is 0. The van der Waals surface area contributed by atoms with Gasteiger partial charge in [-0.05, 0) is 30.4 Å². The van der Waals surface area contributed by atoms with Crippen molar-refractivity contribution in [3.8, 4) is 0 Å². The van der Waals surface area contributed by atoms with E-state index >= 15 is 0 Å². The van der Waals surface area contributed by atoms with Gasteiger partial charge in [0, 0.05) is 10.8 Å². The zero-order valence-corrected chi connectivity index (χ0v) is 11.5. The van der Waals surface area contributed by atoms with Gasteiger partial charge in [-0.3, -0.25) is 0 Å². The summed E-state index contributed by atoms with van der Waals surface area (Å²) in [6.45, 7) is 2.24. The number of hydrogen-bond acceptors (Lipinski definition) is 3. The first-order valence-electron chi connectivity index (χ1n) is 6.62. The highest BCUT2D eigenvalue weighted by Gasteiger charge is 2.28. The Bertz CT molecular complexity index is 559. The van der Waals surface area contributed by atoms with Crippen molar-refractivity contribution in [2.24, 2.45) is 0 Å². The molecular formula is C15H18N2S. The minimum Gasteiger partial charge on any atom is -0.375 e. The number of rotatable bonds is 3. The van der Waals surface area contributed by atoms with Gasteiger partial charge in [-0.25, -0.2) is 4.98 Å². The van der Waals surface area contributed by atoms with E-state index in [1.807, 2.05) is 0 Å². The summed E-state index contributed by atoms with van der Waals surface area (Å²) in [5.74, 6) is 0.526. The van der Waals surface area contributed by atoms with E-state index in [0.29, 0.717) is 5.92 Å². The second kappa shape index (κ2) is 4.73. The molecule has 0 aliphatic heterocycles. The molecule has 1 aliphatic carbocycles. The monoisotopic (exact) mass is 258 g/mol. The molecule has 0 saturated carbocycles.